The smallest absolute Gasteiger partial charge is 0.0463 e. The van der Waals surface area contributed by atoms with Gasteiger partial charge in [-0.3, -0.25) is 0 Å². The van der Waals surface area contributed by atoms with E-state index in [4.69, 9.17) is 28.9 Å². The van der Waals surface area contributed by atoms with Gasteiger partial charge in [-0.25, -0.2) is 0 Å². The number of thioether (sulfide) groups is 1. The molecule has 2 N–H and O–H groups in total. The third-order valence-electron chi connectivity index (χ3n) is 2.37. The van der Waals surface area contributed by atoms with E-state index < -0.39 is 0 Å². The molecule has 0 fully saturated rings. The first kappa shape index (κ1) is 14.1. The van der Waals surface area contributed by atoms with Gasteiger partial charge in [-0.05, 0) is 35.9 Å². The van der Waals surface area contributed by atoms with Gasteiger partial charge in [0.05, 0.1) is 0 Å². The van der Waals surface area contributed by atoms with Crippen molar-refractivity contribution in [3.05, 3.63) is 56.5 Å². The molecule has 2 aromatic carbocycles. The highest BCUT2D eigenvalue weighted by Crippen LogP contribution is 2.32. The zero-order chi connectivity index (χ0) is 13.1. The predicted molar refractivity (Wildman–Crippen MR) is 84.6 cm³/mol. The molecule has 0 saturated carbocycles. The summed E-state index contributed by atoms with van der Waals surface area (Å²) in [5.74, 6) is 0.766. The third-order valence-corrected chi connectivity index (χ3v) is 4.59. The Labute approximate surface area is 129 Å². The van der Waals surface area contributed by atoms with E-state index in [2.05, 4.69) is 15.9 Å². The maximum atomic E-state index is 6.12. The van der Waals surface area contributed by atoms with Gasteiger partial charge >= 0.3 is 0 Å². The lowest BCUT2D eigenvalue weighted by molar-refractivity contribution is 1.38. The largest absolute Gasteiger partial charge is 0.398 e. The second-order valence-electron chi connectivity index (χ2n) is 3.71. The van der Waals surface area contributed by atoms with Crippen LogP contribution in [0.15, 0.2) is 45.8 Å². The molecular weight excluding hydrogens is 353 g/mol. The minimum atomic E-state index is 0.650. The Morgan fingerprint density at radius 3 is 2.56 bits per heavy atom. The van der Waals surface area contributed by atoms with Crippen molar-refractivity contribution in [1.29, 1.82) is 0 Å². The SMILES string of the molecule is Nc1cc(Br)ccc1SCc1ccc(Cl)cc1Cl. The summed E-state index contributed by atoms with van der Waals surface area (Å²) in [6.07, 6.45) is 0. The molecule has 0 aliphatic heterocycles. The van der Waals surface area contributed by atoms with Crippen LogP contribution >= 0.6 is 50.9 Å². The Morgan fingerprint density at radius 2 is 1.89 bits per heavy atom. The van der Waals surface area contributed by atoms with E-state index in [0.717, 1.165) is 26.4 Å². The Kier molecular flexibility index (Phi) is 4.84. The molecule has 5 heteroatoms. The van der Waals surface area contributed by atoms with Crippen molar-refractivity contribution in [2.45, 2.75) is 10.6 Å². The fourth-order valence-electron chi connectivity index (χ4n) is 1.45. The summed E-state index contributed by atoms with van der Waals surface area (Å²) < 4.78 is 0.980. The van der Waals surface area contributed by atoms with Gasteiger partial charge in [0.15, 0.2) is 0 Å². The maximum Gasteiger partial charge on any atom is 0.0463 e. The molecule has 0 saturated heterocycles. The van der Waals surface area contributed by atoms with Gasteiger partial charge in [0.2, 0.25) is 0 Å². The van der Waals surface area contributed by atoms with Crippen LogP contribution in [-0.4, -0.2) is 0 Å². The molecule has 2 rings (SSSR count). The molecule has 0 radical (unpaired) electrons. The third kappa shape index (κ3) is 3.58. The number of nitrogens with two attached hydrogens (primary N) is 1. The van der Waals surface area contributed by atoms with Crippen LogP contribution in [0.25, 0.3) is 0 Å². The second kappa shape index (κ2) is 6.20. The van der Waals surface area contributed by atoms with Crippen molar-refractivity contribution in [3.8, 4) is 0 Å². The van der Waals surface area contributed by atoms with E-state index >= 15 is 0 Å². The van der Waals surface area contributed by atoms with Crippen molar-refractivity contribution < 1.29 is 0 Å². The van der Waals surface area contributed by atoms with Crippen molar-refractivity contribution in [1.82, 2.24) is 0 Å². The predicted octanol–water partition coefficient (Wildman–Crippen LogP) is 5.63. The molecule has 18 heavy (non-hydrogen) atoms. The van der Waals surface area contributed by atoms with Gasteiger partial charge in [0.25, 0.3) is 0 Å². The summed E-state index contributed by atoms with van der Waals surface area (Å²) in [4.78, 5) is 1.05. The van der Waals surface area contributed by atoms with E-state index in [9.17, 15) is 0 Å². The van der Waals surface area contributed by atoms with Gasteiger partial charge in [0, 0.05) is 30.9 Å². The molecule has 0 spiro atoms. The van der Waals surface area contributed by atoms with E-state index in [-0.39, 0.29) is 0 Å². The number of nitrogen functional groups attached to an aromatic ring is 1. The average Bonchev–Trinajstić information content (AvgIpc) is 2.30. The molecular formula is C13H10BrCl2NS. The van der Waals surface area contributed by atoms with Crippen LogP contribution in [0.5, 0.6) is 0 Å². The highest BCUT2D eigenvalue weighted by atomic mass is 79.9. The lowest BCUT2D eigenvalue weighted by Crippen LogP contribution is -1.89. The zero-order valence-corrected chi connectivity index (χ0v) is 13.2. The number of hydrogen-bond acceptors (Lipinski definition) is 2. The van der Waals surface area contributed by atoms with Gasteiger partial charge in [0.1, 0.15) is 0 Å². The van der Waals surface area contributed by atoms with Gasteiger partial charge in [-0.1, -0.05) is 45.2 Å². The first-order valence-electron chi connectivity index (χ1n) is 5.18. The molecule has 0 heterocycles. The number of halogens is 3. The second-order valence-corrected chi connectivity index (χ2v) is 6.48. The van der Waals surface area contributed by atoms with Gasteiger partial charge in [-0.15, -0.1) is 11.8 Å². The summed E-state index contributed by atoms with van der Waals surface area (Å²) in [5, 5.41) is 1.34. The Hall–Kier alpha value is -0.350. The fourth-order valence-corrected chi connectivity index (χ4v) is 3.33. The molecule has 2 aromatic rings. The van der Waals surface area contributed by atoms with Crippen LogP contribution in [0.2, 0.25) is 10.0 Å². The van der Waals surface area contributed by atoms with Crippen LogP contribution in [0.1, 0.15) is 5.56 Å². The highest BCUT2D eigenvalue weighted by molar-refractivity contribution is 9.10. The number of rotatable bonds is 3. The lowest BCUT2D eigenvalue weighted by Gasteiger charge is -2.07. The maximum absolute atomic E-state index is 6.12. The normalized spacial score (nSPS) is 10.6. The molecule has 0 unspecified atom stereocenters. The number of hydrogen-bond donors (Lipinski definition) is 1. The quantitative estimate of drug-likeness (QED) is 0.565. The standard InChI is InChI=1S/C13H10BrCl2NS/c14-9-2-4-13(12(17)5-9)18-7-8-1-3-10(15)6-11(8)16/h1-6H,7,17H2. The topological polar surface area (TPSA) is 26.0 Å². The van der Waals surface area contributed by atoms with Crippen LogP contribution in [0, 0.1) is 0 Å². The summed E-state index contributed by atoms with van der Waals surface area (Å²) in [7, 11) is 0. The molecule has 0 aliphatic carbocycles. The molecule has 0 aromatic heterocycles. The van der Waals surface area contributed by atoms with Crippen LogP contribution in [0.4, 0.5) is 5.69 Å². The molecule has 0 bridgehead atoms. The van der Waals surface area contributed by atoms with Gasteiger partial charge in [-0.2, -0.15) is 0 Å². The molecule has 1 nitrogen and oxygen atoms in total. The minimum absolute atomic E-state index is 0.650. The average molecular weight is 363 g/mol. The summed E-state index contributed by atoms with van der Waals surface area (Å²) in [6.45, 7) is 0. The van der Waals surface area contributed by atoms with Crippen molar-refractivity contribution in [3.63, 3.8) is 0 Å². The van der Waals surface area contributed by atoms with Crippen molar-refractivity contribution in [2.75, 3.05) is 5.73 Å². The van der Waals surface area contributed by atoms with E-state index in [1.807, 2.05) is 30.3 Å². The number of benzene rings is 2. The summed E-state index contributed by atoms with van der Waals surface area (Å²) >= 11 is 17.0. The van der Waals surface area contributed by atoms with Gasteiger partial charge < -0.3 is 5.73 Å². The summed E-state index contributed by atoms with van der Waals surface area (Å²) in [6, 6.07) is 11.4. The van der Waals surface area contributed by atoms with Crippen LogP contribution in [-0.2, 0) is 5.75 Å². The lowest BCUT2D eigenvalue weighted by atomic mass is 10.2. The number of anilines is 1. The minimum Gasteiger partial charge on any atom is -0.398 e. The van der Waals surface area contributed by atoms with Crippen molar-refractivity contribution >= 4 is 56.6 Å². The first-order valence-corrected chi connectivity index (χ1v) is 7.71. The molecule has 94 valence electrons. The molecule has 0 amide bonds. The monoisotopic (exact) mass is 361 g/mol. The highest BCUT2D eigenvalue weighted by Gasteiger charge is 2.05. The zero-order valence-electron chi connectivity index (χ0n) is 9.29. The van der Waals surface area contributed by atoms with E-state index in [0.29, 0.717) is 10.0 Å². The Morgan fingerprint density at radius 1 is 1.11 bits per heavy atom. The fraction of sp³-hybridized carbons (Fsp3) is 0.0769. The van der Waals surface area contributed by atoms with E-state index in [1.54, 1.807) is 17.8 Å². The Bertz CT molecular complexity index is 523. The first-order chi connectivity index (χ1) is 8.56. The van der Waals surface area contributed by atoms with Crippen molar-refractivity contribution in [2.24, 2.45) is 0 Å². The summed E-state index contributed by atoms with van der Waals surface area (Å²) in [5.41, 5.74) is 7.76. The van der Waals surface area contributed by atoms with E-state index in [1.165, 1.54) is 0 Å². The van der Waals surface area contributed by atoms with Crippen LogP contribution in [0.3, 0.4) is 0 Å². The van der Waals surface area contributed by atoms with Crippen LogP contribution < -0.4 is 5.73 Å². The molecule has 0 atom stereocenters. The Balaban J connectivity index is 2.11. The molecule has 0 aliphatic rings.